The van der Waals surface area contributed by atoms with Crippen molar-refractivity contribution in [1.29, 1.82) is 0 Å². The second-order valence-corrected chi connectivity index (χ2v) is 4.78. The molecule has 82 valence electrons. The molecule has 0 saturated carbocycles. The molecule has 0 aliphatic heterocycles. The van der Waals surface area contributed by atoms with Crippen molar-refractivity contribution in [2.75, 3.05) is 5.75 Å². The Morgan fingerprint density at radius 2 is 2.20 bits per heavy atom. The predicted molar refractivity (Wildman–Crippen MR) is 72.9 cm³/mol. The maximum absolute atomic E-state index is 4.10. The Morgan fingerprint density at radius 3 is 2.93 bits per heavy atom. The lowest BCUT2D eigenvalue weighted by molar-refractivity contribution is 0.667. The maximum Gasteiger partial charge on any atom is 0.0800 e. The third-order valence-electron chi connectivity index (χ3n) is 2.33. The Hall–Kier alpha value is -0.390. The van der Waals surface area contributed by atoms with Crippen molar-refractivity contribution in [2.45, 2.75) is 39.0 Å². The number of hydrogen-bond acceptors (Lipinski definition) is 2. The first-order valence-electron chi connectivity index (χ1n) is 5.54. The van der Waals surface area contributed by atoms with Gasteiger partial charge in [0.15, 0.2) is 0 Å². The molecule has 15 heavy (non-hydrogen) atoms. The lowest BCUT2D eigenvalue weighted by Gasteiger charge is -1.98. The van der Waals surface area contributed by atoms with Gasteiger partial charge >= 0.3 is 0 Å². The number of thiophene rings is 1. The van der Waals surface area contributed by atoms with Crippen LogP contribution in [0.25, 0.3) is 0 Å². The molecule has 0 aliphatic rings. The van der Waals surface area contributed by atoms with E-state index in [-0.39, 0.29) is 0 Å². The first-order valence-corrected chi connectivity index (χ1v) is 7.05. The summed E-state index contributed by atoms with van der Waals surface area (Å²) in [5.74, 6) is 6.84. The van der Waals surface area contributed by atoms with Gasteiger partial charge in [0.25, 0.3) is 0 Å². The van der Waals surface area contributed by atoms with E-state index in [0.29, 0.717) is 5.75 Å². The van der Waals surface area contributed by atoms with E-state index < -0.39 is 0 Å². The third kappa shape index (κ3) is 4.77. The smallest absolute Gasteiger partial charge is 0.0800 e. The van der Waals surface area contributed by atoms with Crippen molar-refractivity contribution in [3.8, 4) is 11.8 Å². The average molecular weight is 238 g/mol. The van der Waals surface area contributed by atoms with Gasteiger partial charge in [0.2, 0.25) is 0 Å². The van der Waals surface area contributed by atoms with Crippen molar-refractivity contribution in [3.05, 3.63) is 21.9 Å². The molecule has 0 aliphatic carbocycles. The van der Waals surface area contributed by atoms with E-state index in [1.165, 1.54) is 42.5 Å². The minimum Gasteiger partial charge on any atom is -0.166 e. The number of rotatable bonds is 5. The Morgan fingerprint density at radius 1 is 1.33 bits per heavy atom. The van der Waals surface area contributed by atoms with Crippen molar-refractivity contribution in [3.63, 3.8) is 0 Å². The van der Waals surface area contributed by atoms with Gasteiger partial charge in [0.1, 0.15) is 0 Å². The van der Waals surface area contributed by atoms with Crippen LogP contribution in [0.15, 0.2) is 11.4 Å². The molecule has 0 amide bonds. The molecule has 0 atom stereocenters. The molecular weight excluding hydrogens is 220 g/mol. The second kappa shape index (κ2) is 7.84. The highest BCUT2D eigenvalue weighted by molar-refractivity contribution is 7.80. The van der Waals surface area contributed by atoms with E-state index in [4.69, 9.17) is 0 Å². The van der Waals surface area contributed by atoms with E-state index in [1.54, 1.807) is 11.3 Å². The van der Waals surface area contributed by atoms with Gasteiger partial charge in [-0.2, -0.15) is 12.6 Å². The van der Waals surface area contributed by atoms with E-state index in [9.17, 15) is 0 Å². The van der Waals surface area contributed by atoms with Gasteiger partial charge in [-0.05, 0) is 29.9 Å². The Balaban J connectivity index is 2.43. The summed E-state index contributed by atoms with van der Waals surface area (Å²) in [6.07, 6.45) is 6.46. The van der Waals surface area contributed by atoms with E-state index in [1.807, 2.05) is 0 Å². The minimum absolute atomic E-state index is 0.646. The van der Waals surface area contributed by atoms with Crippen LogP contribution in [0.1, 0.15) is 43.0 Å². The highest BCUT2D eigenvalue weighted by atomic mass is 32.1. The molecule has 1 aromatic heterocycles. The zero-order valence-corrected chi connectivity index (χ0v) is 11.0. The fraction of sp³-hybridized carbons (Fsp3) is 0.538. The van der Waals surface area contributed by atoms with Crippen molar-refractivity contribution in [1.82, 2.24) is 0 Å². The van der Waals surface area contributed by atoms with Gasteiger partial charge < -0.3 is 0 Å². The monoisotopic (exact) mass is 238 g/mol. The summed E-state index contributed by atoms with van der Waals surface area (Å²) in [6, 6.07) is 2.21. The molecule has 0 nitrogen and oxygen atoms in total. The summed E-state index contributed by atoms with van der Waals surface area (Å²) in [6.45, 7) is 2.24. The lowest BCUT2D eigenvalue weighted by atomic mass is 10.1. The van der Waals surface area contributed by atoms with E-state index >= 15 is 0 Å². The molecule has 1 aromatic rings. The Kier molecular flexibility index (Phi) is 6.63. The van der Waals surface area contributed by atoms with Crippen LogP contribution in [0.4, 0.5) is 0 Å². The first-order chi connectivity index (χ1) is 7.38. The van der Waals surface area contributed by atoms with Crippen molar-refractivity contribution in [2.24, 2.45) is 0 Å². The normalized spacial score (nSPS) is 9.73. The van der Waals surface area contributed by atoms with Gasteiger partial charge in [-0.15, -0.1) is 11.3 Å². The zero-order chi connectivity index (χ0) is 10.9. The quantitative estimate of drug-likeness (QED) is 0.444. The number of unbranched alkanes of at least 4 members (excludes halogenated alkanes) is 3. The van der Waals surface area contributed by atoms with Crippen LogP contribution in [0.5, 0.6) is 0 Å². The van der Waals surface area contributed by atoms with E-state index in [0.717, 1.165) is 0 Å². The van der Waals surface area contributed by atoms with Gasteiger partial charge in [-0.25, -0.2) is 0 Å². The van der Waals surface area contributed by atoms with Crippen LogP contribution < -0.4 is 0 Å². The summed E-state index contributed by atoms with van der Waals surface area (Å²) in [4.78, 5) is 1.24. The Bertz CT molecular complexity index is 328. The summed E-state index contributed by atoms with van der Waals surface area (Å²) >= 11 is 5.84. The summed E-state index contributed by atoms with van der Waals surface area (Å²) in [7, 11) is 0. The molecule has 0 spiro atoms. The molecule has 1 heterocycles. The average Bonchev–Trinajstić information content (AvgIpc) is 2.69. The van der Waals surface area contributed by atoms with Gasteiger partial charge in [0, 0.05) is 0 Å². The molecule has 0 radical (unpaired) electrons. The highest BCUT2D eigenvalue weighted by Crippen LogP contribution is 2.18. The van der Waals surface area contributed by atoms with Gasteiger partial charge in [0.05, 0.1) is 10.6 Å². The lowest BCUT2D eigenvalue weighted by Crippen LogP contribution is -1.86. The SMILES string of the molecule is CCCCCCc1ccsc1C#CCS. The number of hydrogen-bond donors (Lipinski definition) is 1. The third-order valence-corrected chi connectivity index (χ3v) is 3.36. The molecule has 0 fully saturated rings. The molecular formula is C13H18S2. The van der Waals surface area contributed by atoms with Crippen LogP contribution in [0, 0.1) is 11.8 Å². The molecule has 0 bridgehead atoms. The standard InChI is InChI=1S/C13H18S2/c1-2-3-4-5-7-12-9-11-15-13(12)8-6-10-14/h9,11,14H,2-5,7,10H2,1H3. The fourth-order valence-electron chi connectivity index (χ4n) is 1.50. The predicted octanol–water partition coefficient (Wildman–Crippen LogP) is 4.15. The molecule has 1 rings (SSSR count). The Labute approximate surface area is 103 Å². The second-order valence-electron chi connectivity index (χ2n) is 3.55. The number of thiol groups is 1. The number of aryl methyl sites for hydroxylation is 1. The molecule has 2 heteroatoms. The molecule has 0 unspecified atom stereocenters. The van der Waals surface area contributed by atoms with Gasteiger partial charge in [-0.1, -0.05) is 38.0 Å². The fourth-order valence-corrected chi connectivity index (χ4v) is 2.40. The minimum atomic E-state index is 0.646. The van der Waals surface area contributed by atoms with Crippen LogP contribution in [-0.2, 0) is 6.42 Å². The van der Waals surface area contributed by atoms with Crippen molar-refractivity contribution < 1.29 is 0 Å². The molecule has 0 saturated heterocycles. The molecule has 0 N–H and O–H groups in total. The topological polar surface area (TPSA) is 0 Å². The van der Waals surface area contributed by atoms with E-state index in [2.05, 4.69) is 42.8 Å². The van der Waals surface area contributed by atoms with Crippen LogP contribution in [-0.4, -0.2) is 5.75 Å². The first kappa shape index (κ1) is 12.7. The molecule has 0 aromatic carbocycles. The highest BCUT2D eigenvalue weighted by Gasteiger charge is 2.00. The zero-order valence-electron chi connectivity index (χ0n) is 9.25. The largest absolute Gasteiger partial charge is 0.166 e. The summed E-state index contributed by atoms with van der Waals surface area (Å²) < 4.78 is 0. The van der Waals surface area contributed by atoms with Crippen molar-refractivity contribution >= 4 is 24.0 Å². The van der Waals surface area contributed by atoms with Crippen LogP contribution in [0.3, 0.4) is 0 Å². The summed E-state index contributed by atoms with van der Waals surface area (Å²) in [5.41, 5.74) is 1.42. The summed E-state index contributed by atoms with van der Waals surface area (Å²) in [5, 5.41) is 2.14. The van der Waals surface area contributed by atoms with Crippen LogP contribution >= 0.6 is 24.0 Å². The van der Waals surface area contributed by atoms with Gasteiger partial charge in [-0.3, -0.25) is 0 Å². The maximum atomic E-state index is 4.10. The van der Waals surface area contributed by atoms with Crippen LogP contribution in [0.2, 0.25) is 0 Å².